The van der Waals surface area contributed by atoms with Gasteiger partial charge in [0.15, 0.2) is 0 Å². The number of nitrogens with two attached hydrogens (primary N) is 2. The highest BCUT2D eigenvalue weighted by Gasteiger charge is 2.25. The van der Waals surface area contributed by atoms with E-state index in [0.717, 1.165) is 0 Å². The lowest BCUT2D eigenvalue weighted by atomic mass is 10.1. The van der Waals surface area contributed by atoms with E-state index in [2.05, 4.69) is 5.32 Å². The summed E-state index contributed by atoms with van der Waals surface area (Å²) in [6.07, 6.45) is 1.31. The highest BCUT2D eigenvalue weighted by atomic mass is 16.4. The average Bonchev–Trinajstić information content (AvgIpc) is 2.34. The molecule has 0 saturated carbocycles. The predicted octanol–water partition coefficient (Wildman–Crippen LogP) is -1.16. The van der Waals surface area contributed by atoms with Crippen molar-refractivity contribution in [3.8, 4) is 0 Å². The number of nitrogens with zero attached hydrogens (tertiary/aromatic N) is 1. The van der Waals surface area contributed by atoms with Gasteiger partial charge in [-0.15, -0.1) is 0 Å². The van der Waals surface area contributed by atoms with Gasteiger partial charge < -0.3 is 26.8 Å². The molecule has 0 unspecified atom stereocenters. The number of carbonyl (C=O) groups excluding carboxylic acids is 2. The molecule has 0 aromatic carbocycles. The van der Waals surface area contributed by atoms with Gasteiger partial charge in [0.2, 0.25) is 5.91 Å². The maximum Gasteiger partial charge on any atom is 0.326 e. The van der Waals surface area contributed by atoms with Gasteiger partial charge in [-0.1, -0.05) is 0 Å². The number of carboxylic acids is 1. The summed E-state index contributed by atoms with van der Waals surface area (Å²) in [5, 5.41) is 11.4. The number of hydrogen-bond donors (Lipinski definition) is 4. The van der Waals surface area contributed by atoms with Crippen molar-refractivity contribution in [2.75, 3.05) is 13.1 Å². The third-order valence-electron chi connectivity index (χ3n) is 3.10. The molecular formula is C11H20N4O4. The van der Waals surface area contributed by atoms with Crippen LogP contribution in [0.15, 0.2) is 0 Å². The quantitative estimate of drug-likeness (QED) is 0.500. The Balaban J connectivity index is 2.46. The van der Waals surface area contributed by atoms with E-state index in [9.17, 15) is 14.4 Å². The van der Waals surface area contributed by atoms with Gasteiger partial charge in [-0.3, -0.25) is 4.79 Å². The van der Waals surface area contributed by atoms with Crippen LogP contribution in [0.2, 0.25) is 0 Å². The molecule has 1 aliphatic heterocycles. The first kappa shape index (κ1) is 15.2. The zero-order valence-electron chi connectivity index (χ0n) is 10.7. The fourth-order valence-corrected chi connectivity index (χ4v) is 1.89. The standard InChI is InChI=1S/C11H20N4O4/c12-7-3-5-15(6-4-7)11(19)14-8(10(17)18)1-2-9(13)16/h7-8H,1-6,12H2,(H2,13,16)(H,14,19)(H,17,18)/t8-/m1/s1. The van der Waals surface area contributed by atoms with Crippen LogP contribution in [-0.4, -0.2) is 53.1 Å². The van der Waals surface area contributed by atoms with Gasteiger partial charge in [-0.05, 0) is 19.3 Å². The number of aliphatic carboxylic acids is 1. The molecule has 3 amide bonds. The van der Waals surface area contributed by atoms with Crippen LogP contribution in [0, 0.1) is 0 Å². The van der Waals surface area contributed by atoms with Crippen molar-refractivity contribution in [1.82, 2.24) is 10.2 Å². The summed E-state index contributed by atoms with van der Waals surface area (Å²) in [5.41, 5.74) is 10.7. The second-order valence-electron chi connectivity index (χ2n) is 4.67. The molecule has 0 spiro atoms. The Bertz CT molecular complexity index is 353. The Hall–Kier alpha value is -1.83. The largest absolute Gasteiger partial charge is 0.480 e. The Kier molecular flexibility index (Phi) is 5.56. The molecular weight excluding hydrogens is 252 g/mol. The number of carbonyl (C=O) groups is 3. The monoisotopic (exact) mass is 272 g/mol. The first-order valence-corrected chi connectivity index (χ1v) is 6.22. The van der Waals surface area contributed by atoms with Gasteiger partial charge in [0.1, 0.15) is 6.04 Å². The van der Waals surface area contributed by atoms with E-state index in [4.69, 9.17) is 16.6 Å². The lowest BCUT2D eigenvalue weighted by molar-refractivity contribution is -0.139. The molecule has 0 radical (unpaired) electrons. The summed E-state index contributed by atoms with van der Waals surface area (Å²) < 4.78 is 0. The van der Waals surface area contributed by atoms with Crippen molar-refractivity contribution >= 4 is 17.9 Å². The minimum absolute atomic E-state index is 0.0102. The maximum atomic E-state index is 11.9. The summed E-state index contributed by atoms with van der Waals surface area (Å²) in [5.74, 6) is -1.77. The third kappa shape index (κ3) is 5.12. The number of rotatable bonds is 5. The summed E-state index contributed by atoms with van der Waals surface area (Å²) >= 11 is 0. The van der Waals surface area contributed by atoms with Gasteiger partial charge in [-0.25, -0.2) is 9.59 Å². The van der Waals surface area contributed by atoms with Crippen molar-refractivity contribution in [3.05, 3.63) is 0 Å². The number of nitrogens with one attached hydrogen (secondary N) is 1. The first-order valence-electron chi connectivity index (χ1n) is 6.22. The molecule has 0 aliphatic carbocycles. The smallest absolute Gasteiger partial charge is 0.326 e. The maximum absolute atomic E-state index is 11.9. The van der Waals surface area contributed by atoms with E-state index in [1.54, 1.807) is 0 Å². The van der Waals surface area contributed by atoms with Crippen LogP contribution in [0.25, 0.3) is 0 Å². The third-order valence-corrected chi connectivity index (χ3v) is 3.10. The van der Waals surface area contributed by atoms with Crippen LogP contribution in [-0.2, 0) is 9.59 Å². The topological polar surface area (TPSA) is 139 Å². The fraction of sp³-hybridized carbons (Fsp3) is 0.727. The summed E-state index contributed by atoms with van der Waals surface area (Å²) in [6.45, 7) is 1.02. The molecule has 8 nitrogen and oxygen atoms in total. The SMILES string of the molecule is NC(=O)CC[C@@H](NC(=O)N1CCC(N)CC1)C(=O)O. The lowest BCUT2D eigenvalue weighted by Crippen LogP contribution is -2.51. The van der Waals surface area contributed by atoms with Crippen LogP contribution < -0.4 is 16.8 Å². The van der Waals surface area contributed by atoms with Gasteiger partial charge >= 0.3 is 12.0 Å². The van der Waals surface area contributed by atoms with Crippen molar-refractivity contribution in [2.24, 2.45) is 11.5 Å². The van der Waals surface area contributed by atoms with E-state index < -0.39 is 23.9 Å². The van der Waals surface area contributed by atoms with E-state index in [1.165, 1.54) is 4.90 Å². The summed E-state index contributed by atoms with van der Waals surface area (Å²) in [7, 11) is 0. The summed E-state index contributed by atoms with van der Waals surface area (Å²) in [4.78, 5) is 35.0. The molecule has 8 heteroatoms. The molecule has 19 heavy (non-hydrogen) atoms. The summed E-state index contributed by atoms with van der Waals surface area (Å²) in [6, 6.07) is -1.45. The molecule has 1 rings (SSSR count). The van der Waals surface area contributed by atoms with E-state index in [-0.39, 0.29) is 18.9 Å². The van der Waals surface area contributed by atoms with Gasteiger partial charge in [0.05, 0.1) is 0 Å². The molecule has 0 aromatic heterocycles. The number of carboxylic acid groups (broad SMARTS) is 1. The highest BCUT2D eigenvalue weighted by Crippen LogP contribution is 2.09. The molecule has 6 N–H and O–H groups in total. The molecule has 1 heterocycles. The zero-order chi connectivity index (χ0) is 14.4. The molecule has 1 aliphatic rings. The number of urea groups is 1. The van der Waals surface area contributed by atoms with E-state index in [0.29, 0.717) is 25.9 Å². The van der Waals surface area contributed by atoms with Crippen molar-refractivity contribution in [1.29, 1.82) is 0 Å². The second kappa shape index (κ2) is 6.93. The number of amides is 3. The normalized spacial score (nSPS) is 17.8. The van der Waals surface area contributed by atoms with Crippen LogP contribution in [0.1, 0.15) is 25.7 Å². The molecule has 1 saturated heterocycles. The highest BCUT2D eigenvalue weighted by molar-refractivity contribution is 5.83. The van der Waals surface area contributed by atoms with Gasteiger partial charge in [-0.2, -0.15) is 0 Å². The lowest BCUT2D eigenvalue weighted by Gasteiger charge is -2.31. The number of primary amides is 1. The Labute approximate surface area is 111 Å². The number of hydrogen-bond acceptors (Lipinski definition) is 4. The minimum Gasteiger partial charge on any atom is -0.480 e. The molecule has 1 fully saturated rings. The van der Waals surface area contributed by atoms with Crippen molar-refractivity contribution in [2.45, 2.75) is 37.8 Å². The number of likely N-dealkylation sites (tertiary alicyclic amines) is 1. The Morgan fingerprint density at radius 1 is 1.32 bits per heavy atom. The second-order valence-corrected chi connectivity index (χ2v) is 4.67. The van der Waals surface area contributed by atoms with Crippen LogP contribution >= 0.6 is 0 Å². The van der Waals surface area contributed by atoms with E-state index >= 15 is 0 Å². The van der Waals surface area contributed by atoms with E-state index in [1.807, 2.05) is 0 Å². The van der Waals surface area contributed by atoms with Gasteiger partial charge in [0.25, 0.3) is 0 Å². The molecule has 0 aromatic rings. The predicted molar refractivity (Wildman–Crippen MR) is 67.2 cm³/mol. The Morgan fingerprint density at radius 2 is 1.89 bits per heavy atom. The minimum atomic E-state index is -1.18. The molecule has 108 valence electrons. The average molecular weight is 272 g/mol. The van der Waals surface area contributed by atoms with Crippen molar-refractivity contribution in [3.63, 3.8) is 0 Å². The molecule has 0 bridgehead atoms. The first-order chi connectivity index (χ1) is 8.90. The number of piperidine rings is 1. The fourth-order valence-electron chi connectivity index (χ4n) is 1.89. The molecule has 1 atom stereocenters. The van der Waals surface area contributed by atoms with Gasteiger partial charge in [0, 0.05) is 25.6 Å². The Morgan fingerprint density at radius 3 is 2.37 bits per heavy atom. The zero-order valence-corrected chi connectivity index (χ0v) is 10.7. The van der Waals surface area contributed by atoms with Crippen LogP contribution in [0.5, 0.6) is 0 Å². The van der Waals surface area contributed by atoms with Crippen molar-refractivity contribution < 1.29 is 19.5 Å². The van der Waals surface area contributed by atoms with Crippen LogP contribution in [0.4, 0.5) is 4.79 Å². The van der Waals surface area contributed by atoms with Crippen LogP contribution in [0.3, 0.4) is 0 Å².